The first-order valence-electron chi connectivity index (χ1n) is 6.72. The molecule has 1 aliphatic heterocycles. The van der Waals surface area contributed by atoms with E-state index >= 15 is 0 Å². The van der Waals surface area contributed by atoms with Gasteiger partial charge in [0.05, 0.1) is 19.1 Å². The van der Waals surface area contributed by atoms with Gasteiger partial charge in [0, 0.05) is 33.2 Å². The number of aliphatic carboxylic acids is 1. The number of carbonyl (C=O) groups is 2. The first kappa shape index (κ1) is 15.9. The Morgan fingerprint density at radius 3 is 2.84 bits per heavy atom. The number of carboxylic acids is 1. The van der Waals surface area contributed by atoms with Crippen LogP contribution in [0.25, 0.3) is 0 Å². The van der Waals surface area contributed by atoms with Crippen molar-refractivity contribution in [3.8, 4) is 0 Å². The van der Waals surface area contributed by atoms with Gasteiger partial charge in [0.25, 0.3) is 0 Å². The highest BCUT2D eigenvalue weighted by Crippen LogP contribution is 2.18. The molecule has 1 rings (SSSR count). The summed E-state index contributed by atoms with van der Waals surface area (Å²) in [4.78, 5) is 24.2. The van der Waals surface area contributed by atoms with Crippen LogP contribution < -0.4 is 0 Å². The third-order valence-corrected chi connectivity index (χ3v) is 3.25. The molecule has 1 N–H and O–H groups in total. The maximum absolute atomic E-state index is 11.7. The number of amides is 1. The van der Waals surface area contributed by atoms with Gasteiger partial charge in [-0.1, -0.05) is 0 Å². The van der Waals surface area contributed by atoms with Gasteiger partial charge in [0.2, 0.25) is 5.91 Å². The van der Waals surface area contributed by atoms with E-state index < -0.39 is 11.9 Å². The van der Waals surface area contributed by atoms with E-state index in [9.17, 15) is 9.59 Å². The van der Waals surface area contributed by atoms with Crippen molar-refractivity contribution >= 4 is 11.9 Å². The number of nitrogens with zero attached hydrogens (tertiary/aromatic N) is 1. The highest BCUT2D eigenvalue weighted by Gasteiger charge is 2.29. The lowest BCUT2D eigenvalue weighted by Crippen LogP contribution is -2.43. The van der Waals surface area contributed by atoms with Crippen LogP contribution in [0.15, 0.2) is 0 Å². The summed E-state index contributed by atoms with van der Waals surface area (Å²) < 4.78 is 10.2. The van der Waals surface area contributed by atoms with Crippen molar-refractivity contribution in [2.45, 2.75) is 25.7 Å². The lowest BCUT2D eigenvalue weighted by Gasteiger charge is -2.30. The van der Waals surface area contributed by atoms with E-state index in [0.717, 1.165) is 12.8 Å². The van der Waals surface area contributed by atoms with Gasteiger partial charge in [-0.2, -0.15) is 0 Å². The van der Waals surface area contributed by atoms with E-state index in [-0.39, 0.29) is 5.91 Å². The van der Waals surface area contributed by atoms with Crippen LogP contribution in [-0.2, 0) is 19.1 Å². The number of rotatable bonds is 9. The Morgan fingerprint density at radius 2 is 2.16 bits per heavy atom. The zero-order chi connectivity index (χ0) is 14.1. The van der Waals surface area contributed by atoms with Crippen LogP contribution in [0.4, 0.5) is 0 Å². The summed E-state index contributed by atoms with van der Waals surface area (Å²) in [5.74, 6) is -1.14. The number of ether oxygens (including phenoxy) is 2. The van der Waals surface area contributed by atoms with Gasteiger partial charge in [0.1, 0.15) is 0 Å². The van der Waals surface area contributed by atoms with Crippen LogP contribution in [-0.4, -0.2) is 61.9 Å². The van der Waals surface area contributed by atoms with Crippen LogP contribution in [0.5, 0.6) is 0 Å². The molecule has 0 aliphatic carbocycles. The maximum Gasteiger partial charge on any atom is 0.308 e. The smallest absolute Gasteiger partial charge is 0.308 e. The van der Waals surface area contributed by atoms with Crippen molar-refractivity contribution < 1.29 is 24.2 Å². The Balaban J connectivity index is 2.13. The lowest BCUT2D eigenvalue weighted by molar-refractivity contribution is -0.147. The molecule has 19 heavy (non-hydrogen) atoms. The fourth-order valence-electron chi connectivity index (χ4n) is 2.08. The van der Waals surface area contributed by atoms with Crippen LogP contribution in [0.2, 0.25) is 0 Å². The Hall–Kier alpha value is -1.14. The highest BCUT2D eigenvalue weighted by atomic mass is 16.5. The predicted octanol–water partition coefficient (Wildman–Crippen LogP) is 0.753. The Kier molecular flexibility index (Phi) is 7.43. The van der Waals surface area contributed by atoms with Crippen molar-refractivity contribution in [2.75, 3.05) is 40.0 Å². The largest absolute Gasteiger partial charge is 0.481 e. The summed E-state index contributed by atoms with van der Waals surface area (Å²) in [7, 11) is 1.63. The SMILES string of the molecule is COCCOCCCCN1CC(C(=O)O)CCC1=O. The first-order chi connectivity index (χ1) is 9.15. The minimum Gasteiger partial charge on any atom is -0.481 e. The molecule has 0 bridgehead atoms. The third-order valence-electron chi connectivity index (χ3n) is 3.25. The van der Waals surface area contributed by atoms with Gasteiger partial charge in [-0.15, -0.1) is 0 Å². The molecule has 6 heteroatoms. The zero-order valence-corrected chi connectivity index (χ0v) is 11.5. The fourth-order valence-corrected chi connectivity index (χ4v) is 2.08. The Morgan fingerprint density at radius 1 is 1.37 bits per heavy atom. The van der Waals surface area contributed by atoms with Crippen molar-refractivity contribution in [3.05, 3.63) is 0 Å². The molecule has 110 valence electrons. The second-order valence-corrected chi connectivity index (χ2v) is 4.73. The zero-order valence-electron chi connectivity index (χ0n) is 11.5. The molecule has 0 aromatic rings. The second-order valence-electron chi connectivity index (χ2n) is 4.73. The van der Waals surface area contributed by atoms with Crippen LogP contribution in [0.1, 0.15) is 25.7 Å². The molecular weight excluding hydrogens is 250 g/mol. The van der Waals surface area contributed by atoms with Gasteiger partial charge in [0.15, 0.2) is 0 Å². The average Bonchev–Trinajstić information content (AvgIpc) is 2.39. The molecule has 6 nitrogen and oxygen atoms in total. The molecule has 0 radical (unpaired) electrons. The fraction of sp³-hybridized carbons (Fsp3) is 0.846. The third kappa shape index (κ3) is 6.02. The minimum absolute atomic E-state index is 0.0674. The quantitative estimate of drug-likeness (QED) is 0.627. The highest BCUT2D eigenvalue weighted by molar-refractivity contribution is 5.80. The summed E-state index contributed by atoms with van der Waals surface area (Å²) in [6.45, 7) is 2.79. The Labute approximate surface area is 113 Å². The topological polar surface area (TPSA) is 76.1 Å². The van der Waals surface area contributed by atoms with E-state index in [4.69, 9.17) is 14.6 Å². The molecule has 0 aromatic carbocycles. The predicted molar refractivity (Wildman–Crippen MR) is 68.9 cm³/mol. The maximum atomic E-state index is 11.7. The van der Waals surface area contributed by atoms with Crippen molar-refractivity contribution in [2.24, 2.45) is 5.92 Å². The number of methoxy groups -OCH3 is 1. The van der Waals surface area contributed by atoms with Gasteiger partial charge in [-0.3, -0.25) is 9.59 Å². The molecule has 1 unspecified atom stereocenters. The van der Waals surface area contributed by atoms with E-state index in [0.29, 0.717) is 45.8 Å². The first-order valence-corrected chi connectivity index (χ1v) is 6.72. The molecule has 1 saturated heterocycles. The van der Waals surface area contributed by atoms with Crippen LogP contribution >= 0.6 is 0 Å². The number of unbranched alkanes of at least 4 members (excludes halogenated alkanes) is 1. The number of carboxylic acid groups (broad SMARTS) is 1. The normalized spacial score (nSPS) is 19.7. The van der Waals surface area contributed by atoms with Gasteiger partial charge in [-0.05, 0) is 19.3 Å². The molecule has 1 aliphatic rings. The van der Waals surface area contributed by atoms with E-state index in [2.05, 4.69) is 0 Å². The molecule has 0 aromatic heterocycles. The molecule has 1 heterocycles. The van der Waals surface area contributed by atoms with Crippen LogP contribution in [0.3, 0.4) is 0 Å². The standard InChI is InChI=1S/C13H23NO5/c1-18-8-9-19-7-3-2-6-14-10-11(13(16)17)4-5-12(14)15/h11H,2-10H2,1H3,(H,16,17). The molecular formula is C13H23NO5. The van der Waals surface area contributed by atoms with Crippen molar-refractivity contribution in [1.29, 1.82) is 0 Å². The van der Waals surface area contributed by atoms with E-state index in [1.54, 1.807) is 12.0 Å². The van der Waals surface area contributed by atoms with Gasteiger partial charge in [-0.25, -0.2) is 0 Å². The van der Waals surface area contributed by atoms with Crippen molar-refractivity contribution in [3.63, 3.8) is 0 Å². The summed E-state index contributed by atoms with van der Waals surface area (Å²) in [5, 5.41) is 8.96. The van der Waals surface area contributed by atoms with Crippen molar-refractivity contribution in [1.82, 2.24) is 4.90 Å². The minimum atomic E-state index is -0.805. The molecule has 1 fully saturated rings. The number of hydrogen-bond acceptors (Lipinski definition) is 4. The number of piperidine rings is 1. The Bertz CT molecular complexity index is 295. The van der Waals surface area contributed by atoms with E-state index in [1.807, 2.05) is 0 Å². The molecule has 0 saturated carbocycles. The molecule has 0 spiro atoms. The monoisotopic (exact) mass is 273 g/mol. The second kappa shape index (κ2) is 8.87. The summed E-state index contributed by atoms with van der Waals surface area (Å²) >= 11 is 0. The summed E-state index contributed by atoms with van der Waals surface area (Å²) in [5.41, 5.74) is 0. The van der Waals surface area contributed by atoms with Crippen LogP contribution in [0, 0.1) is 5.92 Å². The van der Waals surface area contributed by atoms with E-state index in [1.165, 1.54) is 0 Å². The summed E-state index contributed by atoms with van der Waals surface area (Å²) in [6, 6.07) is 0. The van der Waals surface area contributed by atoms with Gasteiger partial charge >= 0.3 is 5.97 Å². The average molecular weight is 273 g/mol. The molecule has 1 atom stereocenters. The number of hydrogen-bond donors (Lipinski definition) is 1. The lowest BCUT2D eigenvalue weighted by atomic mass is 9.97. The van der Waals surface area contributed by atoms with Gasteiger partial charge < -0.3 is 19.5 Å². The number of likely N-dealkylation sites (tertiary alicyclic amines) is 1. The number of carbonyl (C=O) groups excluding carboxylic acids is 1. The molecule has 1 amide bonds. The summed E-state index contributed by atoms with van der Waals surface area (Å²) in [6.07, 6.45) is 2.52.